The van der Waals surface area contributed by atoms with Crippen molar-refractivity contribution in [2.45, 2.75) is 13.0 Å². The van der Waals surface area contributed by atoms with E-state index in [0.29, 0.717) is 5.56 Å². The topological polar surface area (TPSA) is 26.0 Å². The molecule has 0 fully saturated rings. The minimum atomic E-state index is -0.286. The first kappa shape index (κ1) is 12.3. The van der Waals surface area contributed by atoms with E-state index in [4.69, 9.17) is 5.73 Å². The molecule has 3 rings (SSSR count). The predicted molar refractivity (Wildman–Crippen MR) is 79.0 cm³/mol. The van der Waals surface area contributed by atoms with E-state index >= 15 is 0 Å². The molecule has 96 valence electrons. The van der Waals surface area contributed by atoms with E-state index in [-0.39, 0.29) is 11.9 Å². The molecular weight excluding hydrogens is 257 g/mol. The second kappa shape index (κ2) is 4.76. The largest absolute Gasteiger partial charge is 0.320 e. The molecule has 0 spiro atoms. The van der Waals surface area contributed by atoms with E-state index in [1.165, 1.54) is 10.8 Å². The lowest BCUT2D eigenvalue weighted by Gasteiger charge is -2.12. The molecule has 1 nitrogen and oxygen atoms in total. The third-order valence-corrected chi connectivity index (χ3v) is 4.38. The summed E-state index contributed by atoms with van der Waals surface area (Å²) in [5.41, 5.74) is 8.80. The maximum atomic E-state index is 13.6. The van der Waals surface area contributed by atoms with Gasteiger partial charge in [0, 0.05) is 4.70 Å². The normalized spacial score (nSPS) is 12.8. The van der Waals surface area contributed by atoms with Gasteiger partial charge in [-0.05, 0) is 46.5 Å². The van der Waals surface area contributed by atoms with Crippen LogP contribution in [-0.2, 0) is 0 Å². The summed E-state index contributed by atoms with van der Waals surface area (Å²) in [6.07, 6.45) is 0. The van der Waals surface area contributed by atoms with Crippen molar-refractivity contribution >= 4 is 21.4 Å². The maximum absolute atomic E-state index is 13.6. The Morgan fingerprint density at radius 1 is 1.16 bits per heavy atom. The number of hydrogen-bond acceptors (Lipinski definition) is 2. The van der Waals surface area contributed by atoms with Crippen molar-refractivity contribution in [2.75, 3.05) is 0 Å². The van der Waals surface area contributed by atoms with Crippen LogP contribution >= 0.6 is 11.3 Å². The zero-order valence-electron chi connectivity index (χ0n) is 10.6. The first-order chi connectivity index (χ1) is 9.16. The van der Waals surface area contributed by atoms with E-state index < -0.39 is 0 Å². The number of halogens is 1. The average Bonchev–Trinajstić information content (AvgIpc) is 2.85. The monoisotopic (exact) mass is 271 g/mol. The van der Waals surface area contributed by atoms with Gasteiger partial charge >= 0.3 is 0 Å². The summed E-state index contributed by atoms with van der Waals surface area (Å²) in [7, 11) is 0. The lowest BCUT2D eigenvalue weighted by molar-refractivity contribution is 0.614. The number of benzene rings is 2. The lowest BCUT2D eigenvalue weighted by Crippen LogP contribution is -2.11. The molecule has 1 unspecified atom stereocenters. The van der Waals surface area contributed by atoms with Crippen molar-refractivity contribution in [2.24, 2.45) is 5.73 Å². The molecule has 2 aromatic carbocycles. The van der Waals surface area contributed by atoms with E-state index in [2.05, 4.69) is 17.5 Å². The van der Waals surface area contributed by atoms with Crippen molar-refractivity contribution in [3.05, 3.63) is 70.4 Å². The van der Waals surface area contributed by atoms with Crippen molar-refractivity contribution in [3.63, 3.8) is 0 Å². The van der Waals surface area contributed by atoms with Gasteiger partial charge in [0.1, 0.15) is 5.82 Å². The van der Waals surface area contributed by atoms with Crippen LogP contribution in [0.5, 0.6) is 0 Å². The van der Waals surface area contributed by atoms with Gasteiger partial charge in [0.25, 0.3) is 0 Å². The van der Waals surface area contributed by atoms with E-state index in [1.807, 2.05) is 18.2 Å². The minimum absolute atomic E-state index is 0.201. The minimum Gasteiger partial charge on any atom is -0.320 e. The molecule has 0 aliphatic carbocycles. The Kier molecular flexibility index (Phi) is 3.09. The highest BCUT2D eigenvalue weighted by atomic mass is 32.1. The number of nitrogens with two attached hydrogens (primary N) is 1. The molecule has 2 N–H and O–H groups in total. The van der Waals surface area contributed by atoms with Gasteiger partial charge in [0.05, 0.1) is 6.04 Å². The molecule has 0 amide bonds. The molecular formula is C16H14FNS. The Morgan fingerprint density at radius 2 is 1.95 bits per heavy atom. The van der Waals surface area contributed by atoms with E-state index in [9.17, 15) is 4.39 Å². The second-order valence-electron chi connectivity index (χ2n) is 4.67. The van der Waals surface area contributed by atoms with Crippen LogP contribution < -0.4 is 5.73 Å². The zero-order chi connectivity index (χ0) is 13.4. The maximum Gasteiger partial charge on any atom is 0.126 e. The van der Waals surface area contributed by atoms with Crippen LogP contribution in [0, 0.1) is 12.7 Å². The number of thiophene rings is 1. The van der Waals surface area contributed by atoms with E-state index in [0.717, 1.165) is 16.5 Å². The average molecular weight is 271 g/mol. The van der Waals surface area contributed by atoms with Crippen molar-refractivity contribution in [3.8, 4) is 0 Å². The summed E-state index contributed by atoms with van der Waals surface area (Å²) in [5, 5.41) is 3.22. The Balaban J connectivity index is 2.08. The number of rotatable bonds is 2. The quantitative estimate of drug-likeness (QED) is 0.734. The second-order valence-corrected chi connectivity index (χ2v) is 5.58. The Hall–Kier alpha value is -1.71. The van der Waals surface area contributed by atoms with Crippen LogP contribution in [0.15, 0.2) is 47.8 Å². The molecule has 0 bridgehead atoms. The Labute approximate surface area is 115 Å². The third kappa shape index (κ3) is 2.15. The van der Waals surface area contributed by atoms with Gasteiger partial charge in [0.15, 0.2) is 0 Å². The van der Waals surface area contributed by atoms with Crippen LogP contribution in [0.1, 0.15) is 22.7 Å². The Morgan fingerprint density at radius 3 is 2.74 bits per heavy atom. The highest BCUT2D eigenvalue weighted by molar-refractivity contribution is 7.17. The van der Waals surface area contributed by atoms with Gasteiger partial charge in [0.2, 0.25) is 0 Å². The van der Waals surface area contributed by atoms with Crippen LogP contribution in [0.25, 0.3) is 10.1 Å². The predicted octanol–water partition coefficient (Wildman–Crippen LogP) is 4.40. The van der Waals surface area contributed by atoms with Crippen molar-refractivity contribution < 1.29 is 4.39 Å². The first-order valence-electron chi connectivity index (χ1n) is 6.14. The summed E-state index contributed by atoms with van der Waals surface area (Å²) in [6.45, 7) is 1.75. The number of fused-ring (bicyclic) bond motifs is 1. The summed E-state index contributed by atoms with van der Waals surface area (Å²) >= 11 is 1.67. The van der Waals surface area contributed by atoms with Gasteiger partial charge in [-0.1, -0.05) is 30.3 Å². The highest BCUT2D eigenvalue weighted by Crippen LogP contribution is 2.32. The molecule has 1 atom stereocenters. The molecule has 3 heteroatoms. The summed E-state index contributed by atoms with van der Waals surface area (Å²) in [5.74, 6) is -0.201. The zero-order valence-corrected chi connectivity index (χ0v) is 11.4. The van der Waals surface area contributed by atoms with E-state index in [1.54, 1.807) is 24.3 Å². The van der Waals surface area contributed by atoms with Gasteiger partial charge in [-0.25, -0.2) is 4.39 Å². The molecule has 0 saturated carbocycles. The summed E-state index contributed by atoms with van der Waals surface area (Å²) < 4.78 is 14.9. The summed E-state index contributed by atoms with van der Waals surface area (Å²) in [4.78, 5) is 0. The number of aryl methyl sites for hydroxylation is 1. The molecule has 0 saturated heterocycles. The van der Waals surface area contributed by atoms with Gasteiger partial charge in [-0.2, -0.15) is 0 Å². The van der Waals surface area contributed by atoms with Crippen molar-refractivity contribution in [1.29, 1.82) is 0 Å². The smallest absolute Gasteiger partial charge is 0.126 e. The van der Waals surface area contributed by atoms with Crippen molar-refractivity contribution in [1.82, 2.24) is 0 Å². The highest BCUT2D eigenvalue weighted by Gasteiger charge is 2.14. The fourth-order valence-corrected chi connectivity index (χ4v) is 3.22. The molecule has 1 aromatic heterocycles. The number of hydrogen-bond donors (Lipinski definition) is 1. The fraction of sp³-hybridized carbons (Fsp3) is 0.125. The van der Waals surface area contributed by atoms with Crippen LogP contribution in [0.4, 0.5) is 4.39 Å². The van der Waals surface area contributed by atoms with Crippen LogP contribution in [0.3, 0.4) is 0 Å². The SMILES string of the molecule is Cc1ccc(C(N)c2csc3ccccc23)cc1F. The van der Waals surface area contributed by atoms with Gasteiger partial charge in [-0.15, -0.1) is 11.3 Å². The lowest BCUT2D eigenvalue weighted by atomic mass is 9.98. The van der Waals surface area contributed by atoms with Crippen LogP contribution in [0.2, 0.25) is 0 Å². The summed E-state index contributed by atoms with van der Waals surface area (Å²) in [6, 6.07) is 13.1. The molecule has 19 heavy (non-hydrogen) atoms. The molecule has 0 aliphatic heterocycles. The molecule has 3 aromatic rings. The molecule has 0 aliphatic rings. The third-order valence-electron chi connectivity index (χ3n) is 3.40. The first-order valence-corrected chi connectivity index (χ1v) is 7.02. The Bertz CT molecular complexity index is 732. The fourth-order valence-electron chi connectivity index (χ4n) is 2.22. The standard InChI is InChI=1S/C16H14FNS/c1-10-6-7-11(8-14(10)17)16(18)13-9-19-15-5-3-2-4-12(13)15/h2-9,16H,18H2,1H3. The van der Waals surface area contributed by atoms with Gasteiger partial charge in [-0.3, -0.25) is 0 Å². The molecule has 1 heterocycles. The van der Waals surface area contributed by atoms with Gasteiger partial charge < -0.3 is 5.73 Å². The molecule has 0 radical (unpaired) electrons. The van der Waals surface area contributed by atoms with Crippen LogP contribution in [-0.4, -0.2) is 0 Å².